The molecule has 14 heavy (non-hydrogen) atoms. The minimum Gasteiger partial charge on any atom is -0.383 e. The molecule has 5 heteroatoms. The molecular weight excluding hydrogens is 291 g/mol. The first-order valence-corrected chi connectivity index (χ1v) is 5.21. The molecule has 2 aromatic heterocycles. The third-order valence-electron chi connectivity index (χ3n) is 1.89. The third-order valence-corrected chi connectivity index (χ3v) is 2.72. The summed E-state index contributed by atoms with van der Waals surface area (Å²) in [6, 6.07) is 3.90. The highest BCUT2D eigenvalue weighted by molar-refractivity contribution is 14.1. The second kappa shape index (κ2) is 3.95. The van der Waals surface area contributed by atoms with Gasteiger partial charge in [0.1, 0.15) is 5.82 Å². The molecule has 0 atom stereocenters. The van der Waals surface area contributed by atoms with Crippen molar-refractivity contribution in [1.29, 1.82) is 0 Å². The van der Waals surface area contributed by atoms with E-state index in [0.29, 0.717) is 12.4 Å². The summed E-state index contributed by atoms with van der Waals surface area (Å²) in [4.78, 5) is 4.03. The Morgan fingerprint density at radius 2 is 2.29 bits per heavy atom. The van der Waals surface area contributed by atoms with E-state index in [4.69, 9.17) is 5.73 Å². The topological polar surface area (TPSA) is 56.7 Å². The second-order valence-corrected chi connectivity index (χ2v) is 4.06. The van der Waals surface area contributed by atoms with E-state index in [2.05, 4.69) is 32.7 Å². The Morgan fingerprint density at radius 1 is 1.43 bits per heavy atom. The number of hydrogen-bond donors (Lipinski definition) is 1. The van der Waals surface area contributed by atoms with Crippen molar-refractivity contribution in [3.05, 3.63) is 39.9 Å². The number of nitrogens with two attached hydrogens (primary N) is 1. The van der Waals surface area contributed by atoms with Crippen LogP contribution in [0.15, 0.2) is 30.7 Å². The highest BCUT2D eigenvalue weighted by atomic mass is 127. The van der Waals surface area contributed by atoms with Crippen LogP contribution in [0.5, 0.6) is 0 Å². The smallest absolute Gasteiger partial charge is 0.135 e. The summed E-state index contributed by atoms with van der Waals surface area (Å²) in [6.07, 6.45) is 5.32. The predicted molar refractivity (Wildman–Crippen MR) is 62.7 cm³/mol. The van der Waals surface area contributed by atoms with Crippen LogP contribution in [0.4, 0.5) is 5.82 Å². The van der Waals surface area contributed by atoms with Gasteiger partial charge in [-0.3, -0.25) is 4.98 Å². The normalized spacial score (nSPS) is 10.4. The molecule has 0 saturated heterocycles. The maximum atomic E-state index is 5.82. The van der Waals surface area contributed by atoms with Crippen molar-refractivity contribution in [3.63, 3.8) is 0 Å². The fourth-order valence-electron chi connectivity index (χ4n) is 1.16. The van der Waals surface area contributed by atoms with E-state index in [-0.39, 0.29) is 0 Å². The molecule has 0 amide bonds. The van der Waals surface area contributed by atoms with Gasteiger partial charge in [-0.1, -0.05) is 6.07 Å². The third kappa shape index (κ3) is 1.87. The number of anilines is 1. The van der Waals surface area contributed by atoms with Gasteiger partial charge in [-0.05, 0) is 34.2 Å². The first-order chi connectivity index (χ1) is 6.77. The summed E-state index contributed by atoms with van der Waals surface area (Å²) in [5.74, 6) is 0.703. The van der Waals surface area contributed by atoms with Gasteiger partial charge in [-0.25, -0.2) is 4.68 Å². The summed E-state index contributed by atoms with van der Waals surface area (Å²) in [6.45, 7) is 0.669. The van der Waals surface area contributed by atoms with E-state index in [1.165, 1.54) is 0 Å². The summed E-state index contributed by atoms with van der Waals surface area (Å²) in [5.41, 5.74) is 6.92. The second-order valence-electron chi connectivity index (χ2n) is 2.90. The number of rotatable bonds is 2. The zero-order chi connectivity index (χ0) is 9.97. The fourth-order valence-corrected chi connectivity index (χ4v) is 1.57. The lowest BCUT2D eigenvalue weighted by molar-refractivity contribution is 0.695. The van der Waals surface area contributed by atoms with Crippen molar-refractivity contribution < 1.29 is 0 Å². The van der Waals surface area contributed by atoms with Crippen LogP contribution in [0.25, 0.3) is 0 Å². The van der Waals surface area contributed by atoms with E-state index >= 15 is 0 Å². The monoisotopic (exact) mass is 300 g/mol. The van der Waals surface area contributed by atoms with Crippen molar-refractivity contribution in [3.8, 4) is 0 Å². The standard InChI is InChI=1S/C9H9IN4/c10-8-5-13-14(9(8)11)6-7-2-1-3-12-4-7/h1-5H,6,11H2. The zero-order valence-corrected chi connectivity index (χ0v) is 9.55. The highest BCUT2D eigenvalue weighted by Gasteiger charge is 2.04. The molecular formula is C9H9IN4. The van der Waals surface area contributed by atoms with Crippen LogP contribution in [0.2, 0.25) is 0 Å². The number of pyridine rings is 1. The molecule has 0 bridgehead atoms. The van der Waals surface area contributed by atoms with E-state index in [9.17, 15) is 0 Å². The average Bonchev–Trinajstić information content (AvgIpc) is 2.52. The molecule has 2 aromatic rings. The van der Waals surface area contributed by atoms with E-state index in [0.717, 1.165) is 9.13 Å². The van der Waals surface area contributed by atoms with Crippen LogP contribution in [-0.4, -0.2) is 14.8 Å². The van der Waals surface area contributed by atoms with Crippen molar-refractivity contribution in [2.75, 3.05) is 5.73 Å². The Kier molecular flexibility index (Phi) is 2.67. The predicted octanol–water partition coefficient (Wildman–Crippen LogP) is 1.51. The maximum Gasteiger partial charge on any atom is 0.135 e. The molecule has 0 saturated carbocycles. The number of hydrogen-bond acceptors (Lipinski definition) is 3. The molecule has 72 valence electrons. The van der Waals surface area contributed by atoms with Gasteiger partial charge in [0.05, 0.1) is 16.3 Å². The van der Waals surface area contributed by atoms with Crippen LogP contribution < -0.4 is 5.73 Å². The summed E-state index contributed by atoms with van der Waals surface area (Å²) in [7, 11) is 0. The maximum absolute atomic E-state index is 5.82. The quantitative estimate of drug-likeness (QED) is 0.855. The minimum atomic E-state index is 0.669. The Morgan fingerprint density at radius 3 is 2.86 bits per heavy atom. The molecule has 0 aliphatic heterocycles. The van der Waals surface area contributed by atoms with Crippen LogP contribution in [0, 0.1) is 3.57 Å². The van der Waals surface area contributed by atoms with Crippen LogP contribution in [0.3, 0.4) is 0 Å². The van der Waals surface area contributed by atoms with Crippen LogP contribution >= 0.6 is 22.6 Å². The van der Waals surface area contributed by atoms with Gasteiger partial charge in [0.15, 0.2) is 0 Å². The number of halogens is 1. The Hall–Kier alpha value is -1.11. The number of nitrogens with zero attached hydrogens (tertiary/aromatic N) is 3. The molecule has 4 nitrogen and oxygen atoms in total. The molecule has 0 aromatic carbocycles. The lowest BCUT2D eigenvalue weighted by Gasteiger charge is -2.03. The van der Waals surface area contributed by atoms with Crippen molar-refractivity contribution in [2.45, 2.75) is 6.54 Å². The van der Waals surface area contributed by atoms with Gasteiger partial charge < -0.3 is 5.73 Å². The molecule has 0 radical (unpaired) electrons. The SMILES string of the molecule is Nc1c(I)cnn1Cc1cccnc1. The van der Waals surface area contributed by atoms with Crippen molar-refractivity contribution >= 4 is 28.4 Å². The van der Waals surface area contributed by atoms with E-state index in [1.54, 1.807) is 17.1 Å². The Labute approximate surface area is 95.3 Å². The summed E-state index contributed by atoms with van der Waals surface area (Å²) in [5, 5.41) is 4.17. The highest BCUT2D eigenvalue weighted by Crippen LogP contribution is 2.14. The molecule has 0 aliphatic rings. The zero-order valence-electron chi connectivity index (χ0n) is 7.39. The minimum absolute atomic E-state index is 0.669. The summed E-state index contributed by atoms with van der Waals surface area (Å²) < 4.78 is 2.74. The Bertz CT molecular complexity index is 424. The van der Waals surface area contributed by atoms with Crippen LogP contribution in [0.1, 0.15) is 5.56 Å². The number of aromatic nitrogens is 3. The molecule has 0 spiro atoms. The van der Waals surface area contributed by atoms with Gasteiger partial charge in [-0.15, -0.1) is 0 Å². The van der Waals surface area contributed by atoms with Gasteiger partial charge in [0.2, 0.25) is 0 Å². The average molecular weight is 300 g/mol. The molecule has 0 fully saturated rings. The Balaban J connectivity index is 2.23. The number of nitrogen functional groups attached to an aromatic ring is 1. The van der Waals surface area contributed by atoms with Gasteiger partial charge in [0, 0.05) is 12.4 Å². The van der Waals surface area contributed by atoms with Gasteiger partial charge in [0.25, 0.3) is 0 Å². The van der Waals surface area contributed by atoms with Crippen molar-refractivity contribution in [1.82, 2.24) is 14.8 Å². The first kappa shape index (κ1) is 9.45. The lowest BCUT2D eigenvalue weighted by atomic mass is 10.3. The van der Waals surface area contributed by atoms with Gasteiger partial charge in [-0.2, -0.15) is 5.10 Å². The lowest BCUT2D eigenvalue weighted by Crippen LogP contribution is -2.06. The van der Waals surface area contributed by atoms with Gasteiger partial charge >= 0.3 is 0 Å². The molecule has 2 heterocycles. The van der Waals surface area contributed by atoms with Crippen molar-refractivity contribution in [2.24, 2.45) is 0 Å². The summed E-state index contributed by atoms with van der Waals surface area (Å²) >= 11 is 2.16. The van der Waals surface area contributed by atoms with E-state index in [1.807, 2.05) is 18.3 Å². The molecule has 0 aliphatic carbocycles. The fraction of sp³-hybridized carbons (Fsp3) is 0.111. The first-order valence-electron chi connectivity index (χ1n) is 4.13. The molecule has 2 N–H and O–H groups in total. The van der Waals surface area contributed by atoms with E-state index < -0.39 is 0 Å². The largest absolute Gasteiger partial charge is 0.383 e. The molecule has 0 unspecified atom stereocenters. The van der Waals surface area contributed by atoms with Crippen LogP contribution in [-0.2, 0) is 6.54 Å². The molecule has 2 rings (SSSR count).